The van der Waals surface area contributed by atoms with Crippen molar-refractivity contribution in [3.8, 4) is 28.2 Å². The summed E-state index contributed by atoms with van der Waals surface area (Å²) in [7, 11) is -4.06. The first-order chi connectivity index (χ1) is 33.4. The molecule has 12 N–H and O–H groups in total. The molecule has 3 aromatic carbocycles. The van der Waals surface area contributed by atoms with E-state index in [1.165, 1.54) is 42.5 Å². The number of aromatic carboxylic acids is 1. The number of hydrogen-bond acceptors (Lipinski definition) is 14. The van der Waals surface area contributed by atoms with Gasteiger partial charge >= 0.3 is 11.9 Å². The molecule has 3 amide bonds. The fourth-order valence-corrected chi connectivity index (χ4v) is 10.0. The van der Waals surface area contributed by atoms with Crippen molar-refractivity contribution in [2.45, 2.75) is 79.9 Å². The highest BCUT2D eigenvalue weighted by atomic mass is 32.2. The molecule has 1 unspecified atom stereocenters. The van der Waals surface area contributed by atoms with E-state index in [0.717, 1.165) is 4.31 Å². The maximum atomic E-state index is 13.6. The van der Waals surface area contributed by atoms with Gasteiger partial charge in [0.05, 0.1) is 10.5 Å². The number of carbonyl (C=O) groups excluding carboxylic acids is 3. The second-order valence-electron chi connectivity index (χ2n) is 16.5. The average Bonchev–Trinajstić information content (AvgIpc) is 3.83. The number of rotatable bonds is 24. The van der Waals surface area contributed by atoms with Crippen LogP contribution < -0.4 is 43.5 Å². The molecule has 0 spiro atoms. The predicted octanol–water partition coefficient (Wildman–Crippen LogP) is 2.82. The van der Waals surface area contributed by atoms with E-state index in [-0.39, 0.29) is 64.7 Å². The molecule has 372 valence electrons. The molecular weight excluding hydrogens is 947 g/mol. The van der Waals surface area contributed by atoms with Crippen LogP contribution in [0.1, 0.15) is 61.7 Å². The van der Waals surface area contributed by atoms with E-state index >= 15 is 0 Å². The van der Waals surface area contributed by atoms with Gasteiger partial charge in [-0.1, -0.05) is 24.3 Å². The number of nitrogens with one attached hydrogen (secondary N) is 5. The Kier molecular flexibility index (Phi) is 17.8. The third-order valence-corrected chi connectivity index (χ3v) is 13.7. The van der Waals surface area contributed by atoms with Gasteiger partial charge in [0.15, 0.2) is 11.4 Å². The number of fused-ring (bicyclic) bond motifs is 2. The summed E-state index contributed by atoms with van der Waals surface area (Å²) in [4.78, 5) is 81.1. The maximum Gasteiger partial charge on any atom is 0.336 e. The van der Waals surface area contributed by atoms with Crippen molar-refractivity contribution in [3.63, 3.8) is 0 Å². The van der Waals surface area contributed by atoms with E-state index in [4.69, 9.17) is 15.9 Å². The number of phenolic OH excluding ortho intramolecular Hbond substituents is 1. The topological polar surface area (TPSA) is 338 Å². The molecule has 1 aliphatic carbocycles. The molecule has 1 fully saturated rings. The van der Waals surface area contributed by atoms with Crippen LogP contribution in [-0.4, -0.2) is 113 Å². The van der Waals surface area contributed by atoms with Gasteiger partial charge in [-0.3, -0.25) is 29.5 Å². The number of anilines is 1. The van der Waals surface area contributed by atoms with Crippen molar-refractivity contribution in [2.75, 3.05) is 31.5 Å². The highest BCUT2D eigenvalue weighted by molar-refractivity contribution is 7.89. The number of benzene rings is 4. The molecule has 3 aromatic rings. The third kappa shape index (κ3) is 13.5. The zero-order valence-corrected chi connectivity index (χ0v) is 39.5. The van der Waals surface area contributed by atoms with Crippen LogP contribution in [0.25, 0.3) is 33.4 Å². The predicted molar refractivity (Wildman–Crippen MR) is 264 cm³/mol. The second kappa shape index (κ2) is 23.9. The van der Waals surface area contributed by atoms with Crippen LogP contribution in [0.5, 0.6) is 5.75 Å². The van der Waals surface area contributed by atoms with E-state index in [9.17, 15) is 52.5 Å². The fraction of sp³-hybridized carbons (Fsp3) is 0.340. The van der Waals surface area contributed by atoms with Crippen LogP contribution in [0, 0.1) is 0 Å². The minimum atomic E-state index is -4.06. The number of aromatic hydroxyl groups is 1. The summed E-state index contributed by atoms with van der Waals surface area (Å²) in [5.41, 5.74) is 11.7. The lowest BCUT2D eigenvalue weighted by molar-refractivity contribution is -0.142. The number of nitrogens with two attached hydrogens (primary N) is 2. The quantitative estimate of drug-likeness (QED) is 0.0106. The molecule has 2 heterocycles. The zero-order chi connectivity index (χ0) is 50.5. The van der Waals surface area contributed by atoms with Gasteiger partial charge in [0.25, 0.3) is 0 Å². The summed E-state index contributed by atoms with van der Waals surface area (Å²) in [5, 5.41) is 44.9. The Hall–Kier alpha value is -7.21. The number of amides is 3. The number of aliphatic carboxylic acids is 1. The minimum absolute atomic E-state index is 0.00837. The maximum absolute atomic E-state index is 13.6. The molecule has 1 saturated heterocycles. The Bertz CT molecular complexity index is 2880. The van der Waals surface area contributed by atoms with E-state index in [2.05, 4.69) is 44.2 Å². The smallest absolute Gasteiger partial charge is 0.336 e. The minimum Gasteiger partial charge on any atom is -0.508 e. The number of carboxylic acid groups (broad SMARTS) is 2. The van der Waals surface area contributed by atoms with E-state index in [1.54, 1.807) is 42.5 Å². The molecule has 0 radical (unpaired) electrons. The van der Waals surface area contributed by atoms with E-state index in [1.807, 2.05) is 0 Å². The molecule has 2 aliphatic heterocycles. The highest BCUT2D eigenvalue weighted by Crippen LogP contribution is 2.42. The van der Waals surface area contributed by atoms with Crippen molar-refractivity contribution >= 4 is 74.9 Å². The normalized spacial score (nSPS) is 15.1. The van der Waals surface area contributed by atoms with Crippen molar-refractivity contribution in [2.24, 2.45) is 16.5 Å². The lowest BCUT2D eigenvalue weighted by Crippen LogP contribution is -2.55. The Morgan fingerprint density at radius 3 is 2.37 bits per heavy atom. The van der Waals surface area contributed by atoms with Crippen LogP contribution in [0.15, 0.2) is 104 Å². The summed E-state index contributed by atoms with van der Waals surface area (Å²) >= 11 is 4.58. The number of guanidine groups is 1. The molecule has 70 heavy (non-hydrogen) atoms. The van der Waals surface area contributed by atoms with Crippen LogP contribution in [0.3, 0.4) is 0 Å². The summed E-state index contributed by atoms with van der Waals surface area (Å²) < 4.78 is 33.6. The number of phenols is 1. The molecule has 0 aromatic heterocycles. The van der Waals surface area contributed by atoms with Gasteiger partial charge in [0.1, 0.15) is 40.7 Å². The van der Waals surface area contributed by atoms with Gasteiger partial charge in [-0.2, -0.15) is 4.31 Å². The first-order valence-corrected chi connectivity index (χ1v) is 24.4. The Labute approximate surface area is 407 Å². The first kappa shape index (κ1) is 52.2. The van der Waals surface area contributed by atoms with Crippen molar-refractivity contribution in [1.29, 1.82) is 0 Å². The molecule has 0 saturated carbocycles. The molecule has 3 aliphatic rings. The van der Waals surface area contributed by atoms with Gasteiger partial charge in [0, 0.05) is 60.4 Å². The molecule has 4 atom stereocenters. The number of unbranched alkanes of at least 4 members (excludes halogenated alkanes) is 2. The number of sulfonamides is 1. The Morgan fingerprint density at radius 2 is 1.64 bits per heavy atom. The molecule has 23 heteroatoms. The number of carboxylic acids is 2. The Morgan fingerprint density at radius 1 is 0.886 bits per heavy atom. The average molecular weight is 1000 g/mol. The number of nitrogens with zero attached hydrogens (tertiary/aromatic N) is 2. The number of aliphatic imine (C=N–C) groups is 1. The molecule has 21 nitrogen and oxygen atoms in total. The van der Waals surface area contributed by atoms with Crippen LogP contribution in [0.2, 0.25) is 0 Å². The lowest BCUT2D eigenvalue weighted by Gasteiger charge is -2.25. The fourth-order valence-electron chi connectivity index (χ4n) is 8.05. The third-order valence-electron chi connectivity index (χ3n) is 11.5. The highest BCUT2D eigenvalue weighted by Gasteiger charge is 2.40. The van der Waals surface area contributed by atoms with Crippen LogP contribution in [-0.2, 0) is 29.2 Å². The summed E-state index contributed by atoms with van der Waals surface area (Å²) in [6.45, 7) is 0.147. The zero-order valence-electron chi connectivity index (χ0n) is 37.8. The first-order valence-electron chi connectivity index (χ1n) is 22.4. The molecule has 0 bridgehead atoms. The number of carbonyl (C=O) groups is 5. The summed E-state index contributed by atoms with van der Waals surface area (Å²) in [6, 6.07) is 17.0. The van der Waals surface area contributed by atoms with Crippen molar-refractivity contribution in [3.05, 3.63) is 101 Å². The largest absolute Gasteiger partial charge is 0.508 e. The number of thiol groups is 1. The standard InChI is InChI=1S/C47H55N9O12S2/c48-46(49)50-20-7-5-13-40(59)54-35(42(60)52-26-36(45(64)65)55-43(61)37-12-8-22-56(37)70(66,67)30-9-2-1-3-10-30)11-4-6-21-51-47(69)53-27-14-17-31(34(23-27)44(62)63)41-32-18-15-28(57)24-38(32)68-39-25-29(58)16-19-33(39)41/h1-3,9-10,14-19,23-25,35-37,47,51,53,57,69H,4-8,11-13,20-22,26H2,(H,52,60)(H,54,59)(H,55,61)(H,62,63)(H,64,65)(H4,48,49,50)/t35-,36-,37-,47?/m0/s1. The van der Waals surface area contributed by atoms with Crippen molar-refractivity contribution < 1.29 is 52.1 Å². The van der Waals surface area contributed by atoms with Gasteiger partial charge in [-0.05, 0) is 106 Å². The van der Waals surface area contributed by atoms with Gasteiger partial charge < -0.3 is 52.5 Å². The van der Waals surface area contributed by atoms with E-state index < -0.39 is 69.9 Å². The van der Waals surface area contributed by atoms with E-state index in [0.29, 0.717) is 73.0 Å². The lowest BCUT2D eigenvalue weighted by atomic mass is 9.90. The number of hydrogen-bond donors (Lipinski definition) is 11. The van der Waals surface area contributed by atoms with Gasteiger partial charge in [-0.15, -0.1) is 12.6 Å². The Balaban J connectivity index is 1.06. The van der Waals surface area contributed by atoms with Gasteiger partial charge in [0.2, 0.25) is 27.7 Å². The summed E-state index contributed by atoms with van der Waals surface area (Å²) in [6.07, 6.45) is 2.47. The summed E-state index contributed by atoms with van der Waals surface area (Å²) in [5.74, 6) is -4.63. The van der Waals surface area contributed by atoms with Crippen LogP contribution >= 0.6 is 12.6 Å². The SMILES string of the molecule is NC(N)=NCCCCC(=O)N[C@@H](CCCCNC(S)Nc1ccc(-c2c3ccc(=O)cc-3oc3cc(O)ccc23)c(C(=O)O)c1)C(=O)NC[C@H](NC(=O)[C@@H]1CCCN1S(=O)(=O)c1ccccc1)C(=O)O. The molecular formula is C47H55N9O12S2. The van der Waals surface area contributed by atoms with Crippen LogP contribution in [0.4, 0.5) is 5.69 Å². The monoisotopic (exact) mass is 1000 g/mol. The molecule has 6 rings (SSSR count). The van der Waals surface area contributed by atoms with Gasteiger partial charge in [-0.25, -0.2) is 18.0 Å². The van der Waals surface area contributed by atoms with Crippen molar-refractivity contribution in [1.82, 2.24) is 25.6 Å². The second-order valence-corrected chi connectivity index (χ2v) is 18.9.